The minimum absolute atomic E-state index is 0.264. The van der Waals surface area contributed by atoms with Crippen LogP contribution in [0.1, 0.15) is 18.1 Å². The SMILES string of the molecule is COc1cccc(C2=C(/C=C/Cc3cccc(F)c3)C(=O)OC2(C)O)c1. The predicted molar refractivity (Wildman–Crippen MR) is 95.9 cm³/mol. The number of methoxy groups -OCH3 is 1. The van der Waals surface area contributed by atoms with Crippen LogP contribution < -0.4 is 4.74 Å². The van der Waals surface area contributed by atoms with Crippen molar-refractivity contribution in [1.82, 2.24) is 0 Å². The molecule has 1 aliphatic heterocycles. The van der Waals surface area contributed by atoms with Crippen LogP contribution in [-0.4, -0.2) is 24.0 Å². The standard InChI is InChI=1S/C21H19FO4/c1-21(24)19(15-8-5-10-17(13-15)25-2)18(20(23)26-21)11-4-7-14-6-3-9-16(22)12-14/h3-6,8-13,24H,7H2,1-2H3/b11-4+. The Bertz CT molecular complexity index is 896. The van der Waals surface area contributed by atoms with E-state index >= 15 is 0 Å². The summed E-state index contributed by atoms with van der Waals surface area (Å²) < 4.78 is 23.6. The molecule has 0 radical (unpaired) electrons. The first-order chi connectivity index (χ1) is 12.4. The van der Waals surface area contributed by atoms with E-state index in [9.17, 15) is 14.3 Å². The quantitative estimate of drug-likeness (QED) is 0.833. The lowest BCUT2D eigenvalue weighted by molar-refractivity contribution is -0.170. The summed E-state index contributed by atoms with van der Waals surface area (Å²) >= 11 is 0. The number of ether oxygens (including phenoxy) is 2. The van der Waals surface area contributed by atoms with Gasteiger partial charge in [0.2, 0.25) is 5.79 Å². The number of rotatable bonds is 5. The second-order valence-corrected chi connectivity index (χ2v) is 6.13. The molecule has 5 heteroatoms. The maximum Gasteiger partial charge on any atom is 0.341 e. The van der Waals surface area contributed by atoms with Gasteiger partial charge in [-0.25, -0.2) is 9.18 Å². The van der Waals surface area contributed by atoms with Gasteiger partial charge in [0.05, 0.1) is 12.7 Å². The van der Waals surface area contributed by atoms with Gasteiger partial charge in [-0.3, -0.25) is 0 Å². The zero-order valence-electron chi connectivity index (χ0n) is 14.5. The lowest BCUT2D eigenvalue weighted by atomic mass is 9.94. The first-order valence-corrected chi connectivity index (χ1v) is 8.16. The lowest BCUT2D eigenvalue weighted by Crippen LogP contribution is -2.26. The third kappa shape index (κ3) is 3.68. The van der Waals surface area contributed by atoms with Crippen LogP contribution in [0.15, 0.2) is 66.3 Å². The fourth-order valence-electron chi connectivity index (χ4n) is 2.97. The Morgan fingerprint density at radius 1 is 1.23 bits per heavy atom. The molecule has 2 aromatic rings. The van der Waals surface area contributed by atoms with Gasteiger partial charge in [0, 0.05) is 12.5 Å². The van der Waals surface area contributed by atoms with Gasteiger partial charge in [0.1, 0.15) is 11.6 Å². The monoisotopic (exact) mass is 354 g/mol. The number of carbonyl (C=O) groups excluding carboxylic acids is 1. The van der Waals surface area contributed by atoms with Crippen molar-refractivity contribution < 1.29 is 23.8 Å². The van der Waals surface area contributed by atoms with E-state index in [0.29, 0.717) is 23.3 Å². The molecule has 4 nitrogen and oxygen atoms in total. The highest BCUT2D eigenvalue weighted by molar-refractivity contribution is 6.06. The van der Waals surface area contributed by atoms with Gasteiger partial charge in [0.15, 0.2) is 0 Å². The second kappa shape index (κ2) is 7.14. The molecule has 0 aromatic heterocycles. The van der Waals surface area contributed by atoms with Crippen LogP contribution in [0.25, 0.3) is 5.57 Å². The Morgan fingerprint density at radius 3 is 2.73 bits per heavy atom. The second-order valence-electron chi connectivity index (χ2n) is 6.13. The molecule has 0 aliphatic carbocycles. The number of allylic oxidation sites excluding steroid dienone is 1. The van der Waals surface area contributed by atoms with Gasteiger partial charge in [0.25, 0.3) is 0 Å². The smallest absolute Gasteiger partial charge is 0.341 e. The molecule has 1 aliphatic rings. The van der Waals surface area contributed by atoms with E-state index in [4.69, 9.17) is 9.47 Å². The van der Waals surface area contributed by atoms with Crippen molar-refractivity contribution in [2.24, 2.45) is 0 Å². The molecule has 134 valence electrons. The van der Waals surface area contributed by atoms with Gasteiger partial charge in [-0.2, -0.15) is 0 Å². The maximum absolute atomic E-state index is 13.3. The van der Waals surface area contributed by atoms with Crippen molar-refractivity contribution >= 4 is 11.5 Å². The summed E-state index contributed by atoms with van der Waals surface area (Å²) in [6, 6.07) is 13.3. The highest BCUT2D eigenvalue weighted by Crippen LogP contribution is 2.39. The molecular weight excluding hydrogens is 335 g/mol. The zero-order valence-corrected chi connectivity index (χ0v) is 14.5. The summed E-state index contributed by atoms with van der Waals surface area (Å²) in [7, 11) is 1.54. The lowest BCUT2D eigenvalue weighted by Gasteiger charge is -2.20. The predicted octanol–water partition coefficient (Wildman–Crippen LogP) is 3.65. The molecule has 0 amide bonds. The van der Waals surface area contributed by atoms with E-state index in [-0.39, 0.29) is 11.4 Å². The van der Waals surface area contributed by atoms with Crippen LogP contribution in [0.2, 0.25) is 0 Å². The maximum atomic E-state index is 13.3. The number of cyclic esters (lactones) is 1. The average Bonchev–Trinajstić information content (AvgIpc) is 2.83. The molecule has 0 fully saturated rings. The summed E-state index contributed by atoms with van der Waals surface area (Å²) in [6.07, 6.45) is 3.79. The molecule has 1 unspecified atom stereocenters. The van der Waals surface area contributed by atoms with Crippen molar-refractivity contribution in [1.29, 1.82) is 0 Å². The van der Waals surface area contributed by atoms with Crippen molar-refractivity contribution in [2.45, 2.75) is 19.1 Å². The third-order valence-corrected chi connectivity index (χ3v) is 4.13. The summed E-state index contributed by atoms with van der Waals surface area (Å²) in [5, 5.41) is 10.5. The molecule has 2 aromatic carbocycles. The summed E-state index contributed by atoms with van der Waals surface area (Å²) in [5.41, 5.74) is 2.05. The summed E-state index contributed by atoms with van der Waals surface area (Å²) in [5.74, 6) is -2.05. The van der Waals surface area contributed by atoms with E-state index in [0.717, 1.165) is 5.56 Å². The molecular formula is C21H19FO4. The number of esters is 1. The minimum Gasteiger partial charge on any atom is -0.497 e. The Hall–Kier alpha value is -2.92. The van der Waals surface area contributed by atoms with E-state index < -0.39 is 11.8 Å². The zero-order chi connectivity index (χ0) is 18.7. The van der Waals surface area contributed by atoms with Crippen LogP contribution in [0.5, 0.6) is 5.75 Å². The Kier molecular flexibility index (Phi) is 4.91. The number of hydrogen-bond donors (Lipinski definition) is 1. The van der Waals surface area contributed by atoms with E-state index in [1.165, 1.54) is 19.1 Å². The summed E-state index contributed by atoms with van der Waals surface area (Å²) in [6.45, 7) is 1.42. The van der Waals surface area contributed by atoms with Crippen molar-refractivity contribution in [3.63, 3.8) is 0 Å². The van der Waals surface area contributed by atoms with Crippen molar-refractivity contribution in [2.75, 3.05) is 7.11 Å². The van der Waals surface area contributed by atoms with E-state index in [1.54, 1.807) is 55.7 Å². The molecule has 0 saturated carbocycles. The Labute approximate surface area is 151 Å². The van der Waals surface area contributed by atoms with Crippen LogP contribution in [0, 0.1) is 5.82 Å². The van der Waals surface area contributed by atoms with Crippen molar-refractivity contribution in [3.8, 4) is 5.75 Å². The third-order valence-electron chi connectivity index (χ3n) is 4.13. The Balaban J connectivity index is 1.96. The first kappa shape index (κ1) is 17.9. The number of halogens is 1. The average molecular weight is 354 g/mol. The van der Waals surface area contributed by atoms with E-state index in [2.05, 4.69) is 0 Å². The van der Waals surface area contributed by atoms with Crippen LogP contribution >= 0.6 is 0 Å². The highest BCUT2D eigenvalue weighted by Gasteiger charge is 2.42. The van der Waals surface area contributed by atoms with Gasteiger partial charge < -0.3 is 14.6 Å². The van der Waals surface area contributed by atoms with Crippen molar-refractivity contribution in [3.05, 3.63) is 83.2 Å². The largest absolute Gasteiger partial charge is 0.497 e. The molecule has 1 N–H and O–H groups in total. The number of benzene rings is 2. The molecule has 1 atom stereocenters. The molecule has 1 heterocycles. The normalized spacial score (nSPS) is 19.9. The first-order valence-electron chi connectivity index (χ1n) is 8.16. The van der Waals surface area contributed by atoms with Gasteiger partial charge in [-0.1, -0.05) is 36.4 Å². The van der Waals surface area contributed by atoms with Crippen LogP contribution in [-0.2, 0) is 16.0 Å². The molecule has 26 heavy (non-hydrogen) atoms. The summed E-state index contributed by atoms with van der Waals surface area (Å²) in [4.78, 5) is 12.2. The Morgan fingerprint density at radius 2 is 2.00 bits per heavy atom. The minimum atomic E-state index is -1.73. The van der Waals surface area contributed by atoms with E-state index in [1.807, 2.05) is 0 Å². The number of aliphatic hydroxyl groups is 1. The van der Waals surface area contributed by atoms with Gasteiger partial charge >= 0.3 is 5.97 Å². The van der Waals surface area contributed by atoms with Gasteiger partial charge in [-0.15, -0.1) is 0 Å². The fourth-order valence-corrected chi connectivity index (χ4v) is 2.97. The number of carbonyl (C=O) groups is 1. The van der Waals surface area contributed by atoms with Crippen LogP contribution in [0.3, 0.4) is 0 Å². The molecule has 3 rings (SSSR count). The van der Waals surface area contributed by atoms with Gasteiger partial charge in [-0.05, 0) is 41.8 Å². The molecule has 0 spiro atoms. The fraction of sp³-hybridized carbons (Fsp3) is 0.190. The highest BCUT2D eigenvalue weighted by atomic mass is 19.1. The molecule has 0 bridgehead atoms. The topological polar surface area (TPSA) is 55.8 Å². The molecule has 0 saturated heterocycles. The number of hydrogen-bond acceptors (Lipinski definition) is 4. The van der Waals surface area contributed by atoms with Crippen LogP contribution in [0.4, 0.5) is 4.39 Å².